The normalized spacial score (nSPS) is 12.5. The largest absolute Gasteiger partial charge is 0.377 e. The summed E-state index contributed by atoms with van der Waals surface area (Å²) in [7, 11) is 0. The first-order chi connectivity index (χ1) is 8.06. The summed E-state index contributed by atoms with van der Waals surface area (Å²) in [6, 6.07) is 10.9. The van der Waals surface area contributed by atoms with Crippen LogP contribution < -0.4 is 5.32 Å². The first-order valence-electron chi connectivity index (χ1n) is 5.34. The summed E-state index contributed by atoms with van der Waals surface area (Å²) < 4.78 is 2.29. The second-order valence-electron chi connectivity index (χ2n) is 3.97. The van der Waals surface area contributed by atoms with Crippen LogP contribution in [-0.2, 0) is 0 Å². The van der Waals surface area contributed by atoms with Crippen LogP contribution in [0, 0.1) is 6.92 Å². The van der Waals surface area contributed by atoms with E-state index >= 15 is 0 Å². The molecule has 0 aliphatic carbocycles. The SMILES string of the molecule is Cc1cc(Br)ccc1NC(C)c1ccc(Br)s1. The van der Waals surface area contributed by atoms with Crippen molar-refractivity contribution >= 4 is 48.9 Å². The second-order valence-corrected chi connectivity index (χ2v) is 7.38. The van der Waals surface area contributed by atoms with Gasteiger partial charge in [-0.2, -0.15) is 0 Å². The van der Waals surface area contributed by atoms with Crippen LogP contribution in [0.5, 0.6) is 0 Å². The number of thiophene rings is 1. The molecular weight excluding hydrogens is 362 g/mol. The molecule has 1 aromatic heterocycles. The van der Waals surface area contributed by atoms with Gasteiger partial charge in [-0.3, -0.25) is 0 Å². The highest BCUT2D eigenvalue weighted by atomic mass is 79.9. The summed E-state index contributed by atoms with van der Waals surface area (Å²) in [5, 5.41) is 3.54. The molecule has 4 heteroatoms. The van der Waals surface area contributed by atoms with E-state index in [1.54, 1.807) is 11.3 Å². The lowest BCUT2D eigenvalue weighted by atomic mass is 10.2. The molecule has 17 heavy (non-hydrogen) atoms. The van der Waals surface area contributed by atoms with E-state index in [0.29, 0.717) is 6.04 Å². The van der Waals surface area contributed by atoms with Crippen molar-refractivity contribution in [3.05, 3.63) is 49.0 Å². The predicted molar refractivity (Wildman–Crippen MR) is 82.9 cm³/mol. The maximum Gasteiger partial charge on any atom is 0.0702 e. The van der Waals surface area contributed by atoms with Gasteiger partial charge in [0.15, 0.2) is 0 Å². The molecular formula is C13H13Br2NS. The molecule has 0 spiro atoms. The van der Waals surface area contributed by atoms with Crippen molar-refractivity contribution < 1.29 is 0 Å². The van der Waals surface area contributed by atoms with Crippen molar-refractivity contribution in [2.24, 2.45) is 0 Å². The standard InChI is InChI=1S/C13H13Br2NS/c1-8-7-10(14)3-4-11(8)16-9(2)12-5-6-13(15)17-12/h3-7,9,16H,1-2H3. The van der Waals surface area contributed by atoms with Crippen molar-refractivity contribution in [2.75, 3.05) is 5.32 Å². The minimum Gasteiger partial charge on any atom is -0.377 e. The van der Waals surface area contributed by atoms with Gasteiger partial charge in [0.05, 0.1) is 9.83 Å². The first-order valence-corrected chi connectivity index (χ1v) is 7.74. The van der Waals surface area contributed by atoms with Gasteiger partial charge in [-0.1, -0.05) is 15.9 Å². The minimum atomic E-state index is 0.325. The van der Waals surface area contributed by atoms with Crippen LogP contribution in [0.3, 0.4) is 0 Å². The van der Waals surface area contributed by atoms with Gasteiger partial charge in [-0.05, 0) is 65.7 Å². The third-order valence-electron chi connectivity index (χ3n) is 2.58. The van der Waals surface area contributed by atoms with E-state index in [1.165, 1.54) is 19.9 Å². The van der Waals surface area contributed by atoms with Crippen LogP contribution >= 0.6 is 43.2 Å². The molecule has 2 rings (SSSR count). The van der Waals surface area contributed by atoms with Crippen molar-refractivity contribution in [3.63, 3.8) is 0 Å². The fraction of sp³-hybridized carbons (Fsp3) is 0.231. The Morgan fingerprint density at radius 2 is 1.94 bits per heavy atom. The van der Waals surface area contributed by atoms with E-state index in [9.17, 15) is 0 Å². The lowest BCUT2D eigenvalue weighted by molar-refractivity contribution is 0.905. The van der Waals surface area contributed by atoms with Crippen LogP contribution in [0.25, 0.3) is 0 Å². The topological polar surface area (TPSA) is 12.0 Å². The summed E-state index contributed by atoms with van der Waals surface area (Å²) in [5.41, 5.74) is 2.44. The van der Waals surface area contributed by atoms with Crippen LogP contribution in [0.1, 0.15) is 23.4 Å². The van der Waals surface area contributed by atoms with Gasteiger partial charge in [0.25, 0.3) is 0 Å². The zero-order valence-corrected chi connectivity index (χ0v) is 13.6. The van der Waals surface area contributed by atoms with Gasteiger partial charge in [-0.25, -0.2) is 0 Å². The molecule has 0 saturated carbocycles. The summed E-state index contributed by atoms with van der Waals surface area (Å²) in [5.74, 6) is 0. The predicted octanol–water partition coefficient (Wildman–Crippen LogP) is 5.75. The number of hydrogen-bond donors (Lipinski definition) is 1. The molecule has 0 bridgehead atoms. The monoisotopic (exact) mass is 373 g/mol. The molecule has 1 aromatic carbocycles. The smallest absolute Gasteiger partial charge is 0.0702 e. The molecule has 0 amide bonds. The molecule has 0 saturated heterocycles. The molecule has 2 aromatic rings. The average Bonchev–Trinajstić information content (AvgIpc) is 2.69. The highest BCUT2D eigenvalue weighted by molar-refractivity contribution is 9.11. The molecule has 1 unspecified atom stereocenters. The molecule has 1 heterocycles. The number of halogens is 2. The van der Waals surface area contributed by atoms with E-state index in [0.717, 1.165) is 4.47 Å². The van der Waals surface area contributed by atoms with E-state index in [2.05, 4.69) is 81.4 Å². The quantitative estimate of drug-likeness (QED) is 0.720. The van der Waals surface area contributed by atoms with Gasteiger partial charge in [0, 0.05) is 15.0 Å². The Labute approximate surface area is 123 Å². The van der Waals surface area contributed by atoms with Crippen molar-refractivity contribution in [1.29, 1.82) is 0 Å². The Kier molecular flexibility index (Phi) is 4.28. The molecule has 0 aliphatic rings. The van der Waals surface area contributed by atoms with Crippen molar-refractivity contribution in [3.8, 4) is 0 Å². The van der Waals surface area contributed by atoms with Crippen molar-refractivity contribution in [1.82, 2.24) is 0 Å². The van der Waals surface area contributed by atoms with Crippen LogP contribution in [0.4, 0.5) is 5.69 Å². The van der Waals surface area contributed by atoms with Crippen LogP contribution in [0.15, 0.2) is 38.6 Å². The fourth-order valence-electron chi connectivity index (χ4n) is 1.65. The van der Waals surface area contributed by atoms with E-state index < -0.39 is 0 Å². The Morgan fingerprint density at radius 3 is 2.53 bits per heavy atom. The third-order valence-corrected chi connectivity index (χ3v) is 4.88. The van der Waals surface area contributed by atoms with Gasteiger partial charge in [0.2, 0.25) is 0 Å². The fourth-order valence-corrected chi connectivity index (χ4v) is 3.56. The molecule has 1 N–H and O–H groups in total. The molecule has 1 atom stereocenters. The molecule has 1 nitrogen and oxygen atoms in total. The van der Waals surface area contributed by atoms with E-state index in [-0.39, 0.29) is 0 Å². The summed E-state index contributed by atoms with van der Waals surface area (Å²) in [4.78, 5) is 1.33. The summed E-state index contributed by atoms with van der Waals surface area (Å²) in [6.45, 7) is 4.30. The number of hydrogen-bond acceptors (Lipinski definition) is 2. The van der Waals surface area contributed by atoms with Crippen LogP contribution in [0.2, 0.25) is 0 Å². The molecule has 0 fully saturated rings. The zero-order valence-electron chi connectivity index (χ0n) is 9.63. The number of rotatable bonds is 3. The van der Waals surface area contributed by atoms with Crippen LogP contribution in [-0.4, -0.2) is 0 Å². The van der Waals surface area contributed by atoms with Gasteiger partial charge < -0.3 is 5.32 Å². The number of anilines is 1. The molecule has 0 aliphatic heterocycles. The molecule has 0 radical (unpaired) electrons. The lowest BCUT2D eigenvalue weighted by Gasteiger charge is -2.15. The van der Waals surface area contributed by atoms with E-state index in [4.69, 9.17) is 0 Å². The maximum atomic E-state index is 3.54. The third kappa shape index (κ3) is 3.33. The lowest BCUT2D eigenvalue weighted by Crippen LogP contribution is -2.05. The Bertz CT molecular complexity index is 522. The second kappa shape index (κ2) is 5.55. The first kappa shape index (κ1) is 13.1. The number of nitrogens with one attached hydrogen (secondary N) is 1. The van der Waals surface area contributed by atoms with E-state index in [1.807, 2.05) is 0 Å². The average molecular weight is 375 g/mol. The maximum absolute atomic E-state index is 3.54. The van der Waals surface area contributed by atoms with Crippen molar-refractivity contribution in [2.45, 2.75) is 19.9 Å². The Balaban J connectivity index is 2.15. The number of benzene rings is 1. The number of aryl methyl sites for hydroxylation is 1. The Morgan fingerprint density at radius 1 is 1.18 bits per heavy atom. The van der Waals surface area contributed by atoms with Gasteiger partial charge in [0.1, 0.15) is 0 Å². The highest BCUT2D eigenvalue weighted by Gasteiger charge is 2.09. The summed E-state index contributed by atoms with van der Waals surface area (Å²) in [6.07, 6.45) is 0. The highest BCUT2D eigenvalue weighted by Crippen LogP contribution is 2.30. The minimum absolute atomic E-state index is 0.325. The Hall–Kier alpha value is -0.320. The van der Waals surface area contributed by atoms with Gasteiger partial charge in [-0.15, -0.1) is 11.3 Å². The van der Waals surface area contributed by atoms with Gasteiger partial charge >= 0.3 is 0 Å². The summed E-state index contributed by atoms with van der Waals surface area (Å²) >= 11 is 8.74. The molecule has 90 valence electrons. The zero-order chi connectivity index (χ0) is 12.4.